The highest BCUT2D eigenvalue weighted by molar-refractivity contribution is 7.98. The summed E-state index contributed by atoms with van der Waals surface area (Å²) in [5.74, 6) is 0.0194. The number of nitrogens with one attached hydrogen (secondary N) is 1. The van der Waals surface area contributed by atoms with E-state index in [1.54, 1.807) is 16.7 Å². The molecule has 0 aromatic heterocycles. The number of carboxylic acids is 1. The number of carbonyl (C=O) groups is 2. The molecular formula is C10H18N2O3S. The smallest absolute Gasteiger partial charge is 0.317 e. The lowest BCUT2D eigenvalue weighted by Crippen LogP contribution is -2.43. The van der Waals surface area contributed by atoms with Gasteiger partial charge in [0.05, 0.1) is 6.42 Å². The van der Waals surface area contributed by atoms with Crippen molar-refractivity contribution in [2.75, 3.05) is 25.1 Å². The molecule has 0 bridgehead atoms. The second kappa shape index (κ2) is 6.62. The standard InChI is InChI=1S/C10H18N2O3S/c1-16-7-5-11-10(15)12(8-2-3-8)6-4-9(13)14/h8H,2-7H2,1H3,(H,11,15)(H,13,14). The molecule has 0 radical (unpaired) electrons. The van der Waals surface area contributed by atoms with E-state index in [1.807, 2.05) is 6.26 Å². The van der Waals surface area contributed by atoms with E-state index in [0.29, 0.717) is 13.1 Å². The first-order valence-electron chi connectivity index (χ1n) is 5.40. The molecule has 0 aliphatic heterocycles. The highest BCUT2D eigenvalue weighted by atomic mass is 32.2. The summed E-state index contributed by atoms with van der Waals surface area (Å²) in [4.78, 5) is 23.8. The summed E-state index contributed by atoms with van der Waals surface area (Å²) in [6.45, 7) is 0.946. The molecule has 0 aromatic rings. The molecule has 0 aromatic carbocycles. The molecule has 16 heavy (non-hydrogen) atoms. The number of rotatable bonds is 7. The van der Waals surface area contributed by atoms with E-state index in [4.69, 9.17) is 5.11 Å². The van der Waals surface area contributed by atoms with Gasteiger partial charge in [-0.3, -0.25) is 4.79 Å². The van der Waals surface area contributed by atoms with Crippen LogP contribution in [-0.2, 0) is 4.79 Å². The number of thioether (sulfide) groups is 1. The van der Waals surface area contributed by atoms with Gasteiger partial charge in [-0.1, -0.05) is 0 Å². The van der Waals surface area contributed by atoms with Crippen molar-refractivity contribution < 1.29 is 14.7 Å². The van der Waals surface area contributed by atoms with Gasteiger partial charge in [-0.25, -0.2) is 4.79 Å². The molecule has 1 aliphatic rings. The molecule has 2 N–H and O–H groups in total. The van der Waals surface area contributed by atoms with Gasteiger partial charge in [0.1, 0.15) is 0 Å². The summed E-state index contributed by atoms with van der Waals surface area (Å²) < 4.78 is 0. The molecule has 0 unspecified atom stereocenters. The maximum atomic E-state index is 11.7. The molecule has 5 nitrogen and oxygen atoms in total. The maximum Gasteiger partial charge on any atom is 0.317 e. The zero-order chi connectivity index (χ0) is 12.0. The van der Waals surface area contributed by atoms with Crippen molar-refractivity contribution in [1.29, 1.82) is 0 Å². The fourth-order valence-corrected chi connectivity index (χ4v) is 1.72. The SMILES string of the molecule is CSCCNC(=O)N(CCC(=O)O)C1CC1. The van der Waals surface area contributed by atoms with E-state index in [-0.39, 0.29) is 18.5 Å². The van der Waals surface area contributed by atoms with Gasteiger partial charge in [-0.2, -0.15) is 11.8 Å². The van der Waals surface area contributed by atoms with Crippen LogP contribution < -0.4 is 5.32 Å². The van der Waals surface area contributed by atoms with E-state index in [2.05, 4.69) is 5.32 Å². The van der Waals surface area contributed by atoms with Crippen LogP contribution in [-0.4, -0.2) is 53.1 Å². The monoisotopic (exact) mass is 246 g/mol. The summed E-state index contributed by atoms with van der Waals surface area (Å²) in [5.41, 5.74) is 0. The zero-order valence-corrected chi connectivity index (χ0v) is 10.3. The van der Waals surface area contributed by atoms with Gasteiger partial charge >= 0.3 is 12.0 Å². The molecule has 1 fully saturated rings. The van der Waals surface area contributed by atoms with Crippen molar-refractivity contribution in [3.8, 4) is 0 Å². The molecule has 1 rings (SSSR count). The Hall–Kier alpha value is -0.910. The number of carbonyl (C=O) groups excluding carboxylic acids is 1. The van der Waals surface area contributed by atoms with Gasteiger partial charge in [0.15, 0.2) is 0 Å². The lowest BCUT2D eigenvalue weighted by Gasteiger charge is -2.21. The third kappa shape index (κ3) is 4.74. The van der Waals surface area contributed by atoms with Gasteiger partial charge in [0, 0.05) is 24.9 Å². The van der Waals surface area contributed by atoms with Crippen molar-refractivity contribution in [2.45, 2.75) is 25.3 Å². The third-order valence-corrected chi connectivity index (χ3v) is 3.01. The van der Waals surface area contributed by atoms with Gasteiger partial charge in [-0.05, 0) is 19.1 Å². The molecule has 0 atom stereocenters. The van der Waals surface area contributed by atoms with Gasteiger partial charge in [0.2, 0.25) is 0 Å². The number of nitrogens with zero attached hydrogens (tertiary/aromatic N) is 1. The van der Waals surface area contributed by atoms with Gasteiger partial charge < -0.3 is 15.3 Å². The van der Waals surface area contributed by atoms with Gasteiger partial charge in [-0.15, -0.1) is 0 Å². The fraction of sp³-hybridized carbons (Fsp3) is 0.800. The van der Waals surface area contributed by atoms with Crippen LogP contribution in [0.5, 0.6) is 0 Å². The Labute approximate surface area is 99.6 Å². The Kier molecular flexibility index (Phi) is 5.45. The van der Waals surface area contributed by atoms with Crippen LogP contribution in [0.1, 0.15) is 19.3 Å². The van der Waals surface area contributed by atoms with E-state index < -0.39 is 5.97 Å². The molecule has 0 spiro atoms. The average Bonchev–Trinajstić information content (AvgIpc) is 3.02. The van der Waals surface area contributed by atoms with E-state index in [1.165, 1.54) is 0 Å². The second-order valence-electron chi connectivity index (χ2n) is 3.79. The Balaban J connectivity index is 2.30. The fourth-order valence-electron chi connectivity index (χ4n) is 1.41. The van der Waals surface area contributed by atoms with Crippen LogP contribution in [0.4, 0.5) is 4.79 Å². The van der Waals surface area contributed by atoms with Crippen molar-refractivity contribution in [1.82, 2.24) is 10.2 Å². The van der Waals surface area contributed by atoms with Crippen LogP contribution in [0.3, 0.4) is 0 Å². The van der Waals surface area contributed by atoms with E-state index in [0.717, 1.165) is 18.6 Å². The van der Waals surface area contributed by atoms with Crippen LogP contribution >= 0.6 is 11.8 Å². The van der Waals surface area contributed by atoms with Crippen LogP contribution in [0.2, 0.25) is 0 Å². The number of hydrogen-bond donors (Lipinski definition) is 2. The molecule has 0 heterocycles. The first kappa shape index (κ1) is 13.2. The first-order chi connectivity index (χ1) is 7.65. The summed E-state index contributed by atoms with van der Waals surface area (Å²) in [6.07, 6.45) is 3.99. The topological polar surface area (TPSA) is 69.6 Å². The minimum absolute atomic E-state index is 0.0203. The minimum Gasteiger partial charge on any atom is -0.481 e. The molecule has 0 saturated heterocycles. The van der Waals surface area contributed by atoms with Crippen LogP contribution in [0.25, 0.3) is 0 Å². The van der Waals surface area contributed by atoms with E-state index >= 15 is 0 Å². The molecule has 1 aliphatic carbocycles. The first-order valence-corrected chi connectivity index (χ1v) is 6.79. The Morgan fingerprint density at radius 2 is 2.19 bits per heavy atom. The number of hydrogen-bond acceptors (Lipinski definition) is 3. The Bertz CT molecular complexity index is 256. The normalized spacial score (nSPS) is 14.6. The molecule has 2 amide bonds. The van der Waals surface area contributed by atoms with Crippen LogP contribution in [0, 0.1) is 0 Å². The zero-order valence-electron chi connectivity index (χ0n) is 9.44. The van der Waals surface area contributed by atoms with Crippen molar-refractivity contribution in [2.24, 2.45) is 0 Å². The summed E-state index contributed by atoms with van der Waals surface area (Å²) in [6, 6.07) is 0.131. The second-order valence-corrected chi connectivity index (χ2v) is 4.78. The highest BCUT2D eigenvalue weighted by Crippen LogP contribution is 2.26. The minimum atomic E-state index is -0.859. The molecule has 1 saturated carbocycles. The lowest BCUT2D eigenvalue weighted by atomic mass is 10.4. The Morgan fingerprint density at radius 3 is 2.69 bits per heavy atom. The predicted octanol–water partition coefficient (Wildman–Crippen LogP) is 0.998. The largest absolute Gasteiger partial charge is 0.481 e. The predicted molar refractivity (Wildman–Crippen MR) is 63.8 cm³/mol. The van der Waals surface area contributed by atoms with Gasteiger partial charge in [0.25, 0.3) is 0 Å². The average molecular weight is 246 g/mol. The third-order valence-electron chi connectivity index (χ3n) is 2.40. The highest BCUT2D eigenvalue weighted by Gasteiger charge is 2.32. The lowest BCUT2D eigenvalue weighted by molar-refractivity contribution is -0.137. The van der Waals surface area contributed by atoms with Crippen molar-refractivity contribution >= 4 is 23.8 Å². The molecule has 6 heteroatoms. The summed E-state index contributed by atoms with van der Waals surface area (Å²) in [5, 5.41) is 11.4. The molecular weight excluding hydrogens is 228 g/mol. The quantitative estimate of drug-likeness (QED) is 0.657. The summed E-state index contributed by atoms with van der Waals surface area (Å²) >= 11 is 1.67. The van der Waals surface area contributed by atoms with E-state index in [9.17, 15) is 9.59 Å². The maximum absolute atomic E-state index is 11.7. The van der Waals surface area contributed by atoms with Crippen LogP contribution in [0.15, 0.2) is 0 Å². The molecule has 92 valence electrons. The Morgan fingerprint density at radius 1 is 1.50 bits per heavy atom. The number of urea groups is 1. The number of aliphatic carboxylic acids is 1. The summed E-state index contributed by atoms with van der Waals surface area (Å²) in [7, 11) is 0. The van der Waals surface area contributed by atoms with Crippen molar-refractivity contribution in [3.05, 3.63) is 0 Å². The number of carboxylic acid groups (broad SMARTS) is 1. The number of amides is 2. The van der Waals surface area contributed by atoms with Crippen molar-refractivity contribution in [3.63, 3.8) is 0 Å².